The van der Waals surface area contributed by atoms with Gasteiger partial charge in [0, 0.05) is 18.2 Å². The molecule has 2 rings (SSSR count). The standard InChI is InChI=1S/C16H14F2N2O/c1-10(12-3-2-4-13(21)7-12)20-9-14-15(17)5-11(8-19)6-16(14)18/h2-7,10,20-21H,9H2,1H3. The van der Waals surface area contributed by atoms with Gasteiger partial charge in [-0.25, -0.2) is 8.78 Å². The first-order valence-electron chi connectivity index (χ1n) is 6.41. The van der Waals surface area contributed by atoms with Crippen LogP contribution in [0.3, 0.4) is 0 Å². The fourth-order valence-electron chi connectivity index (χ4n) is 2.00. The Morgan fingerprint density at radius 3 is 2.48 bits per heavy atom. The van der Waals surface area contributed by atoms with Crippen LogP contribution in [0.5, 0.6) is 5.75 Å². The lowest BCUT2D eigenvalue weighted by Gasteiger charge is -2.15. The topological polar surface area (TPSA) is 56.0 Å². The second-order valence-electron chi connectivity index (χ2n) is 4.73. The second-order valence-corrected chi connectivity index (χ2v) is 4.73. The fraction of sp³-hybridized carbons (Fsp3) is 0.188. The monoisotopic (exact) mass is 288 g/mol. The minimum Gasteiger partial charge on any atom is -0.508 e. The van der Waals surface area contributed by atoms with E-state index < -0.39 is 11.6 Å². The van der Waals surface area contributed by atoms with Gasteiger partial charge in [0.15, 0.2) is 0 Å². The van der Waals surface area contributed by atoms with E-state index in [4.69, 9.17) is 5.26 Å². The summed E-state index contributed by atoms with van der Waals surface area (Å²) in [4.78, 5) is 0. The second kappa shape index (κ2) is 6.33. The van der Waals surface area contributed by atoms with Gasteiger partial charge in [0.1, 0.15) is 17.4 Å². The molecular weight excluding hydrogens is 274 g/mol. The maximum atomic E-state index is 13.7. The van der Waals surface area contributed by atoms with Gasteiger partial charge < -0.3 is 10.4 Å². The summed E-state index contributed by atoms with van der Waals surface area (Å²) in [5.74, 6) is -1.36. The molecule has 0 fully saturated rings. The Balaban J connectivity index is 2.12. The summed E-state index contributed by atoms with van der Waals surface area (Å²) in [5.41, 5.74) is 0.653. The number of phenols is 1. The Labute approximate surface area is 121 Å². The Morgan fingerprint density at radius 2 is 1.90 bits per heavy atom. The van der Waals surface area contributed by atoms with Crippen LogP contribution in [-0.4, -0.2) is 5.11 Å². The molecule has 0 heterocycles. The van der Waals surface area contributed by atoms with Crippen molar-refractivity contribution in [1.82, 2.24) is 5.32 Å². The van der Waals surface area contributed by atoms with Crippen LogP contribution in [0.15, 0.2) is 36.4 Å². The highest BCUT2D eigenvalue weighted by Crippen LogP contribution is 2.20. The van der Waals surface area contributed by atoms with Crippen molar-refractivity contribution in [2.24, 2.45) is 0 Å². The largest absolute Gasteiger partial charge is 0.508 e. The highest BCUT2D eigenvalue weighted by molar-refractivity contribution is 5.34. The third-order valence-corrected chi connectivity index (χ3v) is 3.23. The molecule has 0 saturated heterocycles. The number of benzene rings is 2. The molecule has 3 nitrogen and oxygen atoms in total. The number of hydrogen-bond donors (Lipinski definition) is 2. The van der Waals surface area contributed by atoms with Crippen LogP contribution in [0.4, 0.5) is 8.78 Å². The molecule has 0 aliphatic rings. The number of nitrogens with one attached hydrogen (secondary N) is 1. The zero-order valence-corrected chi connectivity index (χ0v) is 11.4. The minimum atomic E-state index is -0.748. The van der Waals surface area contributed by atoms with Crippen molar-refractivity contribution in [1.29, 1.82) is 5.26 Å². The van der Waals surface area contributed by atoms with E-state index in [1.165, 1.54) is 0 Å². The van der Waals surface area contributed by atoms with Gasteiger partial charge in [0.25, 0.3) is 0 Å². The van der Waals surface area contributed by atoms with Crippen molar-refractivity contribution in [2.45, 2.75) is 19.5 Å². The summed E-state index contributed by atoms with van der Waals surface area (Å²) < 4.78 is 27.5. The van der Waals surface area contributed by atoms with E-state index in [9.17, 15) is 13.9 Å². The van der Waals surface area contributed by atoms with Gasteiger partial charge in [-0.1, -0.05) is 12.1 Å². The summed E-state index contributed by atoms with van der Waals surface area (Å²) in [6.45, 7) is 1.81. The van der Waals surface area contributed by atoms with Crippen molar-refractivity contribution in [3.63, 3.8) is 0 Å². The molecule has 21 heavy (non-hydrogen) atoms. The molecule has 108 valence electrons. The molecule has 0 saturated carbocycles. The zero-order chi connectivity index (χ0) is 15.4. The summed E-state index contributed by atoms with van der Waals surface area (Å²) in [6.07, 6.45) is 0. The molecule has 0 spiro atoms. The lowest BCUT2D eigenvalue weighted by Crippen LogP contribution is -2.19. The number of halogens is 2. The van der Waals surface area contributed by atoms with Crippen LogP contribution in [-0.2, 0) is 6.54 Å². The van der Waals surface area contributed by atoms with Crippen LogP contribution >= 0.6 is 0 Å². The Hall–Kier alpha value is -2.45. The van der Waals surface area contributed by atoms with Crippen molar-refractivity contribution in [3.05, 3.63) is 64.7 Å². The first-order chi connectivity index (χ1) is 10.0. The van der Waals surface area contributed by atoms with Crippen LogP contribution in [0, 0.1) is 23.0 Å². The lowest BCUT2D eigenvalue weighted by molar-refractivity contribution is 0.470. The molecule has 1 atom stereocenters. The van der Waals surface area contributed by atoms with Crippen molar-refractivity contribution < 1.29 is 13.9 Å². The van der Waals surface area contributed by atoms with Gasteiger partial charge >= 0.3 is 0 Å². The molecule has 1 unspecified atom stereocenters. The molecular formula is C16H14F2N2O. The van der Waals surface area contributed by atoms with Gasteiger partial charge in [-0.3, -0.25) is 0 Å². The SMILES string of the molecule is CC(NCc1c(F)cc(C#N)cc1F)c1cccc(O)c1. The number of nitriles is 1. The molecule has 0 amide bonds. The van der Waals surface area contributed by atoms with E-state index in [-0.39, 0.29) is 29.5 Å². The summed E-state index contributed by atoms with van der Waals surface area (Å²) in [5, 5.41) is 21.0. The number of phenolic OH excluding ortho intramolecular Hbond substituents is 1. The number of rotatable bonds is 4. The van der Waals surface area contributed by atoms with E-state index in [1.54, 1.807) is 24.3 Å². The summed E-state index contributed by atoms with van der Waals surface area (Å²) in [6, 6.07) is 10.2. The Kier molecular flexibility index (Phi) is 4.51. The normalized spacial score (nSPS) is 11.9. The molecule has 0 bridgehead atoms. The quantitative estimate of drug-likeness (QED) is 0.906. The summed E-state index contributed by atoms with van der Waals surface area (Å²) in [7, 11) is 0. The number of aromatic hydroxyl groups is 1. The van der Waals surface area contributed by atoms with E-state index in [0.717, 1.165) is 17.7 Å². The van der Waals surface area contributed by atoms with Crippen LogP contribution in [0.2, 0.25) is 0 Å². The van der Waals surface area contributed by atoms with E-state index >= 15 is 0 Å². The predicted octanol–water partition coefficient (Wildman–Crippen LogP) is 3.39. The van der Waals surface area contributed by atoms with Gasteiger partial charge in [-0.15, -0.1) is 0 Å². The first kappa shape index (κ1) is 14.9. The molecule has 0 aromatic heterocycles. The minimum absolute atomic E-state index is 0.0137. The highest BCUT2D eigenvalue weighted by atomic mass is 19.1. The Bertz CT molecular complexity index is 672. The fourth-order valence-corrected chi connectivity index (χ4v) is 2.00. The van der Waals surface area contributed by atoms with Crippen LogP contribution in [0.25, 0.3) is 0 Å². The number of hydrogen-bond acceptors (Lipinski definition) is 3. The molecule has 0 aliphatic carbocycles. The molecule has 2 aromatic carbocycles. The third-order valence-electron chi connectivity index (χ3n) is 3.23. The molecule has 5 heteroatoms. The van der Waals surface area contributed by atoms with Crippen LogP contribution < -0.4 is 5.32 Å². The smallest absolute Gasteiger partial charge is 0.131 e. The average Bonchev–Trinajstić information content (AvgIpc) is 2.45. The Morgan fingerprint density at radius 1 is 1.24 bits per heavy atom. The van der Waals surface area contributed by atoms with Crippen molar-refractivity contribution >= 4 is 0 Å². The van der Waals surface area contributed by atoms with E-state index in [2.05, 4.69) is 5.32 Å². The maximum absolute atomic E-state index is 13.7. The van der Waals surface area contributed by atoms with Crippen molar-refractivity contribution in [3.8, 4) is 11.8 Å². The highest BCUT2D eigenvalue weighted by Gasteiger charge is 2.13. The van der Waals surface area contributed by atoms with Crippen LogP contribution in [0.1, 0.15) is 29.7 Å². The zero-order valence-electron chi connectivity index (χ0n) is 11.4. The molecule has 0 aliphatic heterocycles. The van der Waals surface area contributed by atoms with Gasteiger partial charge in [-0.05, 0) is 36.8 Å². The molecule has 2 aromatic rings. The van der Waals surface area contributed by atoms with Gasteiger partial charge in [0.2, 0.25) is 0 Å². The van der Waals surface area contributed by atoms with E-state index in [1.807, 2.05) is 13.0 Å². The van der Waals surface area contributed by atoms with Gasteiger partial charge in [-0.2, -0.15) is 5.26 Å². The van der Waals surface area contributed by atoms with E-state index in [0.29, 0.717) is 0 Å². The maximum Gasteiger partial charge on any atom is 0.131 e. The molecule has 2 N–H and O–H groups in total. The first-order valence-corrected chi connectivity index (χ1v) is 6.41. The molecule has 0 radical (unpaired) electrons. The summed E-state index contributed by atoms with van der Waals surface area (Å²) >= 11 is 0. The number of nitrogens with zero attached hydrogens (tertiary/aromatic N) is 1. The van der Waals surface area contributed by atoms with Crippen molar-refractivity contribution in [2.75, 3.05) is 0 Å². The predicted molar refractivity (Wildman–Crippen MR) is 74.4 cm³/mol. The third kappa shape index (κ3) is 3.56. The lowest BCUT2D eigenvalue weighted by atomic mass is 10.1. The van der Waals surface area contributed by atoms with Gasteiger partial charge in [0.05, 0.1) is 11.6 Å². The average molecular weight is 288 g/mol.